The second-order valence-corrected chi connectivity index (χ2v) is 11.5. The molecule has 0 spiro atoms. The maximum absolute atomic E-state index is 14.0. The molecule has 0 bridgehead atoms. The van der Waals surface area contributed by atoms with Crippen molar-refractivity contribution in [3.8, 4) is 5.75 Å². The number of amides is 1. The molecule has 2 aliphatic heterocycles. The number of halogens is 4. The standard InChI is InChI=1S/C30H35F3N2O4.ClH/c1-19(2)29(28(38)35-17-23-15-24(30(31,32)33)6-7-26(23)39-18-35)11-8-25(16-29)34-12-9-20(10-13-34)21-4-3-5-22(14-21)27(36)37;/h3-7,14-15,19-20,25H,8-13,16-18H2,1-2H3,(H,36,37);1H/t25-,29+;/m1./s1. The molecule has 1 aliphatic carbocycles. The minimum Gasteiger partial charge on any atom is -0.478 e. The first-order chi connectivity index (χ1) is 18.5. The number of fused-ring (bicyclic) bond motifs is 1. The van der Waals surface area contributed by atoms with Gasteiger partial charge in [0, 0.05) is 11.6 Å². The summed E-state index contributed by atoms with van der Waals surface area (Å²) in [7, 11) is 0. The van der Waals surface area contributed by atoms with Gasteiger partial charge in [0.15, 0.2) is 6.73 Å². The molecule has 2 aromatic carbocycles. The molecule has 1 amide bonds. The molecule has 0 unspecified atom stereocenters. The van der Waals surface area contributed by atoms with Crippen LogP contribution in [0.3, 0.4) is 0 Å². The van der Waals surface area contributed by atoms with Crippen LogP contribution in [0.1, 0.15) is 78.9 Å². The Bertz CT molecular complexity index is 1250. The molecule has 2 aromatic rings. The summed E-state index contributed by atoms with van der Waals surface area (Å²) in [4.78, 5) is 29.4. The quantitative estimate of drug-likeness (QED) is 0.433. The third-order valence-electron chi connectivity index (χ3n) is 9.12. The van der Waals surface area contributed by atoms with Gasteiger partial charge >= 0.3 is 12.1 Å². The van der Waals surface area contributed by atoms with Crippen LogP contribution < -0.4 is 4.74 Å². The summed E-state index contributed by atoms with van der Waals surface area (Å²) in [6.07, 6.45) is -0.242. The minimum absolute atomic E-state index is 0. The van der Waals surface area contributed by atoms with E-state index in [0.29, 0.717) is 29.2 Å². The van der Waals surface area contributed by atoms with Gasteiger partial charge in [-0.3, -0.25) is 4.79 Å². The zero-order valence-electron chi connectivity index (χ0n) is 22.7. The molecule has 1 saturated heterocycles. The van der Waals surface area contributed by atoms with E-state index in [-0.39, 0.29) is 43.5 Å². The molecule has 0 radical (unpaired) electrons. The van der Waals surface area contributed by atoms with Crippen molar-refractivity contribution in [1.29, 1.82) is 0 Å². The third kappa shape index (κ3) is 5.81. The van der Waals surface area contributed by atoms with Gasteiger partial charge in [0.05, 0.1) is 23.1 Å². The summed E-state index contributed by atoms with van der Waals surface area (Å²) in [6, 6.07) is 10.9. The minimum atomic E-state index is -4.45. The first kappa shape index (κ1) is 30.2. The van der Waals surface area contributed by atoms with Crippen molar-refractivity contribution >= 4 is 24.3 Å². The first-order valence-electron chi connectivity index (χ1n) is 13.7. The maximum atomic E-state index is 14.0. The lowest BCUT2D eigenvalue weighted by Gasteiger charge is -2.41. The number of carbonyl (C=O) groups is 2. The van der Waals surface area contributed by atoms with Gasteiger partial charge in [-0.05, 0) is 92.9 Å². The lowest BCUT2D eigenvalue weighted by atomic mass is 9.74. The predicted octanol–water partition coefficient (Wildman–Crippen LogP) is 6.58. The fraction of sp³-hybridized carbons (Fsp3) is 0.533. The Morgan fingerprint density at radius 3 is 2.45 bits per heavy atom. The van der Waals surface area contributed by atoms with Crippen molar-refractivity contribution in [1.82, 2.24) is 9.80 Å². The van der Waals surface area contributed by atoms with E-state index in [1.807, 2.05) is 6.07 Å². The number of alkyl halides is 3. The molecule has 2 atom stereocenters. The van der Waals surface area contributed by atoms with Crippen LogP contribution >= 0.6 is 12.4 Å². The van der Waals surface area contributed by atoms with E-state index in [0.717, 1.165) is 56.5 Å². The number of piperidine rings is 1. The van der Waals surface area contributed by atoms with Gasteiger partial charge in [-0.15, -0.1) is 12.4 Å². The van der Waals surface area contributed by atoms with E-state index in [9.17, 15) is 27.9 Å². The lowest BCUT2D eigenvalue weighted by Crippen LogP contribution is -2.49. The number of aromatic carboxylic acids is 1. The number of carbonyl (C=O) groups excluding carboxylic acids is 1. The summed E-state index contributed by atoms with van der Waals surface area (Å²) < 4.78 is 45.5. The molecule has 0 aromatic heterocycles. The number of nitrogens with zero attached hydrogens (tertiary/aromatic N) is 2. The van der Waals surface area contributed by atoms with Crippen molar-refractivity contribution in [2.75, 3.05) is 19.8 Å². The van der Waals surface area contributed by atoms with E-state index in [4.69, 9.17) is 4.74 Å². The van der Waals surface area contributed by atoms with Crippen LogP contribution in [-0.4, -0.2) is 52.6 Å². The van der Waals surface area contributed by atoms with Gasteiger partial charge in [-0.1, -0.05) is 26.0 Å². The summed E-state index contributed by atoms with van der Waals surface area (Å²) in [5.41, 5.74) is 0.431. The molecular weight excluding hydrogens is 545 g/mol. The predicted molar refractivity (Wildman–Crippen MR) is 147 cm³/mol. The second-order valence-electron chi connectivity index (χ2n) is 11.5. The van der Waals surface area contributed by atoms with E-state index in [2.05, 4.69) is 18.7 Å². The highest BCUT2D eigenvalue weighted by Crippen LogP contribution is 2.49. The Kier molecular flexibility index (Phi) is 8.76. The van der Waals surface area contributed by atoms with Gasteiger partial charge < -0.3 is 19.6 Å². The van der Waals surface area contributed by atoms with Gasteiger partial charge in [0.1, 0.15) is 5.75 Å². The molecular formula is C30H36ClF3N2O4. The molecule has 5 rings (SSSR count). The Balaban J connectivity index is 0.00000370. The Morgan fingerprint density at radius 1 is 1.07 bits per heavy atom. The highest BCUT2D eigenvalue weighted by Gasteiger charge is 2.51. The average Bonchev–Trinajstić information content (AvgIpc) is 3.39. The first-order valence-corrected chi connectivity index (χ1v) is 13.7. The van der Waals surface area contributed by atoms with E-state index in [1.54, 1.807) is 23.1 Å². The monoisotopic (exact) mass is 580 g/mol. The third-order valence-corrected chi connectivity index (χ3v) is 9.12. The molecule has 1 N–H and O–H groups in total. The molecule has 40 heavy (non-hydrogen) atoms. The van der Waals surface area contributed by atoms with Crippen LogP contribution in [0.15, 0.2) is 42.5 Å². The van der Waals surface area contributed by atoms with Crippen molar-refractivity contribution in [2.24, 2.45) is 11.3 Å². The molecule has 6 nitrogen and oxygen atoms in total. The average molecular weight is 581 g/mol. The molecule has 3 aliphatic rings. The van der Waals surface area contributed by atoms with Crippen LogP contribution in [0.5, 0.6) is 5.75 Å². The number of carboxylic acid groups (broad SMARTS) is 1. The maximum Gasteiger partial charge on any atom is 0.416 e. The number of benzene rings is 2. The van der Waals surface area contributed by atoms with Crippen molar-refractivity contribution in [3.05, 3.63) is 64.7 Å². The van der Waals surface area contributed by atoms with Gasteiger partial charge in [-0.25, -0.2) is 4.79 Å². The van der Waals surface area contributed by atoms with Gasteiger partial charge in [-0.2, -0.15) is 13.2 Å². The smallest absolute Gasteiger partial charge is 0.416 e. The number of hydrogen-bond donors (Lipinski definition) is 1. The number of hydrogen-bond acceptors (Lipinski definition) is 4. The number of carboxylic acids is 1. The Labute approximate surface area is 238 Å². The van der Waals surface area contributed by atoms with Crippen molar-refractivity contribution in [2.45, 2.75) is 70.6 Å². The number of rotatable bonds is 5. The highest BCUT2D eigenvalue weighted by atomic mass is 35.5. The molecule has 10 heteroatoms. The van der Waals surface area contributed by atoms with Crippen molar-refractivity contribution in [3.63, 3.8) is 0 Å². The lowest BCUT2D eigenvalue weighted by molar-refractivity contribution is -0.150. The zero-order chi connectivity index (χ0) is 27.9. The number of likely N-dealkylation sites (tertiary alicyclic amines) is 1. The Morgan fingerprint density at radius 2 is 1.80 bits per heavy atom. The van der Waals surface area contributed by atoms with E-state index >= 15 is 0 Å². The van der Waals surface area contributed by atoms with Crippen LogP contribution in [0, 0.1) is 11.3 Å². The fourth-order valence-electron chi connectivity index (χ4n) is 6.71. The topological polar surface area (TPSA) is 70.1 Å². The van der Waals surface area contributed by atoms with Crippen LogP contribution in [0.25, 0.3) is 0 Å². The van der Waals surface area contributed by atoms with Crippen LogP contribution in [-0.2, 0) is 17.5 Å². The van der Waals surface area contributed by atoms with Crippen LogP contribution in [0.2, 0.25) is 0 Å². The summed E-state index contributed by atoms with van der Waals surface area (Å²) in [5, 5.41) is 9.33. The summed E-state index contributed by atoms with van der Waals surface area (Å²) in [5.74, 6) is -0.173. The molecule has 2 fully saturated rings. The largest absolute Gasteiger partial charge is 0.478 e. The normalized spacial score (nSPS) is 23.9. The molecule has 2 heterocycles. The van der Waals surface area contributed by atoms with E-state index in [1.165, 1.54) is 6.07 Å². The van der Waals surface area contributed by atoms with Gasteiger partial charge in [0.2, 0.25) is 5.91 Å². The molecule has 1 saturated carbocycles. The SMILES string of the molecule is CC(C)[C@]1(C(=O)N2COc3ccc(C(F)(F)F)cc3C2)CC[C@@H](N2CCC(c3cccc(C(=O)O)c3)CC2)C1.Cl. The Hall–Kier alpha value is -2.78. The highest BCUT2D eigenvalue weighted by molar-refractivity contribution is 5.87. The summed E-state index contributed by atoms with van der Waals surface area (Å²) >= 11 is 0. The summed E-state index contributed by atoms with van der Waals surface area (Å²) in [6.45, 7) is 6.03. The zero-order valence-corrected chi connectivity index (χ0v) is 23.6. The van der Waals surface area contributed by atoms with Crippen LogP contribution in [0.4, 0.5) is 13.2 Å². The second kappa shape index (κ2) is 11.6. The fourth-order valence-corrected chi connectivity index (χ4v) is 6.71. The van der Waals surface area contributed by atoms with Gasteiger partial charge in [0.25, 0.3) is 0 Å². The van der Waals surface area contributed by atoms with E-state index < -0.39 is 23.1 Å². The molecule has 218 valence electrons. The van der Waals surface area contributed by atoms with Crippen molar-refractivity contribution < 1.29 is 32.6 Å². The number of ether oxygens (including phenoxy) is 1.